The number of carboxylic acids is 1. The highest BCUT2D eigenvalue weighted by Crippen LogP contribution is 2.29. The summed E-state index contributed by atoms with van der Waals surface area (Å²) in [5, 5.41) is 9.04. The molecule has 1 N–H and O–H groups in total. The molecule has 5 nitrogen and oxygen atoms in total. The van der Waals surface area contributed by atoms with Crippen LogP contribution in [-0.2, 0) is 14.3 Å². The Hall–Kier alpha value is -1.10. The van der Waals surface area contributed by atoms with Gasteiger partial charge in [-0.3, -0.25) is 4.79 Å². The molecule has 0 aromatic heterocycles. The Morgan fingerprint density at radius 2 is 1.95 bits per heavy atom. The third-order valence-electron chi connectivity index (χ3n) is 3.32. The lowest BCUT2D eigenvalue weighted by Gasteiger charge is -2.39. The van der Waals surface area contributed by atoms with Crippen LogP contribution >= 0.6 is 0 Å². The van der Waals surface area contributed by atoms with Gasteiger partial charge in [0, 0.05) is 12.0 Å². The second-order valence-electron chi connectivity index (χ2n) is 6.47. The summed E-state index contributed by atoms with van der Waals surface area (Å²) < 4.78 is 5.33. The van der Waals surface area contributed by atoms with Crippen molar-refractivity contribution in [2.75, 3.05) is 13.1 Å². The van der Waals surface area contributed by atoms with E-state index in [-0.39, 0.29) is 18.6 Å². The summed E-state index contributed by atoms with van der Waals surface area (Å²) in [5.41, 5.74) is -0.464. The smallest absolute Gasteiger partial charge is 0.334 e. The predicted octanol–water partition coefficient (Wildman–Crippen LogP) is 1.76. The Kier molecular flexibility index (Phi) is 4.96. The molecule has 0 radical (unpaired) electrons. The number of carbonyl (C=O) groups excluding carboxylic acids is 1. The number of nitrogens with zero attached hydrogens (tertiary/aromatic N) is 1. The normalized spacial score (nSPS) is 24.6. The summed E-state index contributed by atoms with van der Waals surface area (Å²) in [4.78, 5) is 25.2. The van der Waals surface area contributed by atoms with Crippen molar-refractivity contribution < 1.29 is 19.4 Å². The molecule has 1 rings (SSSR count). The van der Waals surface area contributed by atoms with Gasteiger partial charge in [-0.15, -0.1) is 0 Å². The molecule has 1 amide bonds. The summed E-state index contributed by atoms with van der Waals surface area (Å²) in [7, 11) is 0. The minimum Gasteiger partial charge on any atom is -0.479 e. The van der Waals surface area contributed by atoms with Crippen LogP contribution in [0.1, 0.15) is 41.0 Å². The number of carbonyl (C=O) groups is 2. The van der Waals surface area contributed by atoms with Crippen molar-refractivity contribution in [3.05, 3.63) is 0 Å². The van der Waals surface area contributed by atoms with Gasteiger partial charge < -0.3 is 14.7 Å². The number of amides is 1. The monoisotopic (exact) mass is 271 g/mol. The lowest BCUT2D eigenvalue weighted by molar-refractivity contribution is -0.169. The summed E-state index contributed by atoms with van der Waals surface area (Å²) in [6.45, 7) is 10.4. The van der Waals surface area contributed by atoms with E-state index in [1.165, 1.54) is 0 Å². The molecule has 1 aliphatic heterocycles. The number of aliphatic carboxylic acids is 1. The van der Waals surface area contributed by atoms with Gasteiger partial charge in [-0.2, -0.15) is 0 Å². The molecule has 1 fully saturated rings. The fourth-order valence-electron chi connectivity index (χ4n) is 2.79. The second kappa shape index (κ2) is 5.90. The first kappa shape index (κ1) is 16.0. The van der Waals surface area contributed by atoms with Gasteiger partial charge in [-0.05, 0) is 19.3 Å². The lowest BCUT2D eigenvalue weighted by atomic mass is 9.82. The second-order valence-corrected chi connectivity index (χ2v) is 6.47. The topological polar surface area (TPSA) is 66.8 Å². The standard InChI is InChI=1S/C14H25NO4/c1-9(2)6-14(4,5)13(18)15-7-10(3)19-11(8-15)12(16)17/h9-11H,6-8H2,1-5H3,(H,16,17)/t10-,11?/m1/s1. The first-order valence-electron chi connectivity index (χ1n) is 6.81. The van der Waals surface area contributed by atoms with Crippen molar-refractivity contribution in [1.29, 1.82) is 0 Å². The van der Waals surface area contributed by atoms with Crippen LogP contribution in [-0.4, -0.2) is 47.2 Å². The molecule has 19 heavy (non-hydrogen) atoms. The number of hydrogen-bond donors (Lipinski definition) is 1. The molecule has 2 atom stereocenters. The zero-order chi connectivity index (χ0) is 14.8. The largest absolute Gasteiger partial charge is 0.479 e. The number of morpholine rings is 1. The van der Waals surface area contributed by atoms with Gasteiger partial charge in [0.25, 0.3) is 0 Å². The molecule has 0 spiro atoms. The van der Waals surface area contributed by atoms with Gasteiger partial charge in [0.1, 0.15) is 0 Å². The van der Waals surface area contributed by atoms with E-state index in [0.29, 0.717) is 12.5 Å². The average molecular weight is 271 g/mol. The summed E-state index contributed by atoms with van der Waals surface area (Å²) >= 11 is 0. The van der Waals surface area contributed by atoms with Gasteiger partial charge in [0.15, 0.2) is 6.10 Å². The molecule has 1 aliphatic rings. The molecule has 1 saturated heterocycles. The molecular formula is C14H25NO4. The highest BCUT2D eigenvalue weighted by Gasteiger charge is 2.38. The first-order valence-corrected chi connectivity index (χ1v) is 6.81. The van der Waals surface area contributed by atoms with Crippen molar-refractivity contribution in [2.24, 2.45) is 11.3 Å². The van der Waals surface area contributed by atoms with Crippen LogP contribution in [0.25, 0.3) is 0 Å². The van der Waals surface area contributed by atoms with Crippen molar-refractivity contribution in [3.8, 4) is 0 Å². The Balaban J connectivity index is 2.78. The molecule has 0 aromatic rings. The third kappa shape index (κ3) is 4.20. The maximum Gasteiger partial charge on any atom is 0.334 e. The Morgan fingerprint density at radius 1 is 1.37 bits per heavy atom. The van der Waals surface area contributed by atoms with Crippen molar-refractivity contribution in [3.63, 3.8) is 0 Å². The highest BCUT2D eigenvalue weighted by molar-refractivity contribution is 5.83. The van der Waals surface area contributed by atoms with Crippen molar-refractivity contribution in [1.82, 2.24) is 4.90 Å². The van der Waals surface area contributed by atoms with E-state index in [1.54, 1.807) is 11.8 Å². The van der Waals surface area contributed by atoms with Crippen LogP contribution in [0.5, 0.6) is 0 Å². The van der Waals surface area contributed by atoms with E-state index < -0.39 is 17.5 Å². The molecule has 0 aliphatic carbocycles. The summed E-state index contributed by atoms with van der Waals surface area (Å²) in [5.74, 6) is -0.568. The van der Waals surface area contributed by atoms with Gasteiger partial charge in [0.2, 0.25) is 5.91 Å². The highest BCUT2D eigenvalue weighted by atomic mass is 16.5. The van der Waals surface area contributed by atoms with Gasteiger partial charge in [-0.25, -0.2) is 4.79 Å². The minimum atomic E-state index is -1.01. The third-order valence-corrected chi connectivity index (χ3v) is 3.32. The molecule has 5 heteroatoms. The molecule has 110 valence electrons. The first-order chi connectivity index (χ1) is 8.63. The SMILES string of the molecule is CC(C)CC(C)(C)C(=O)N1CC(C(=O)O)O[C@H](C)C1. The van der Waals surface area contributed by atoms with E-state index in [2.05, 4.69) is 13.8 Å². The van der Waals surface area contributed by atoms with Crippen LogP contribution < -0.4 is 0 Å². The van der Waals surface area contributed by atoms with Crippen LogP contribution in [0.2, 0.25) is 0 Å². The minimum absolute atomic E-state index is 0.0163. The van der Waals surface area contributed by atoms with Crippen LogP contribution in [0, 0.1) is 11.3 Å². The zero-order valence-corrected chi connectivity index (χ0v) is 12.5. The molecule has 0 aromatic carbocycles. The maximum atomic E-state index is 12.5. The quantitative estimate of drug-likeness (QED) is 0.846. The van der Waals surface area contributed by atoms with E-state index in [9.17, 15) is 9.59 Å². The summed E-state index contributed by atoms with van der Waals surface area (Å²) in [6.07, 6.45) is -0.369. The fraction of sp³-hybridized carbons (Fsp3) is 0.857. The predicted molar refractivity (Wildman–Crippen MR) is 71.8 cm³/mol. The number of rotatable bonds is 4. The van der Waals surface area contributed by atoms with Crippen molar-refractivity contribution in [2.45, 2.75) is 53.2 Å². The van der Waals surface area contributed by atoms with Crippen LogP contribution in [0.4, 0.5) is 0 Å². The average Bonchev–Trinajstić information content (AvgIpc) is 2.25. The fourth-order valence-corrected chi connectivity index (χ4v) is 2.79. The number of ether oxygens (including phenoxy) is 1. The molecular weight excluding hydrogens is 246 g/mol. The van der Waals surface area contributed by atoms with Crippen molar-refractivity contribution >= 4 is 11.9 Å². The van der Waals surface area contributed by atoms with Gasteiger partial charge >= 0.3 is 5.97 Å². The van der Waals surface area contributed by atoms with E-state index in [0.717, 1.165) is 6.42 Å². The Morgan fingerprint density at radius 3 is 2.42 bits per heavy atom. The lowest BCUT2D eigenvalue weighted by Crippen LogP contribution is -2.54. The summed E-state index contributed by atoms with van der Waals surface area (Å²) in [6, 6.07) is 0. The Bertz CT molecular complexity index is 351. The van der Waals surface area contributed by atoms with E-state index in [1.807, 2.05) is 13.8 Å². The Labute approximate surface area is 114 Å². The van der Waals surface area contributed by atoms with E-state index >= 15 is 0 Å². The number of hydrogen-bond acceptors (Lipinski definition) is 3. The maximum absolute atomic E-state index is 12.5. The molecule has 0 bridgehead atoms. The molecule has 1 unspecified atom stereocenters. The van der Waals surface area contributed by atoms with Gasteiger partial charge in [0.05, 0.1) is 12.6 Å². The van der Waals surface area contributed by atoms with Crippen LogP contribution in [0.15, 0.2) is 0 Å². The van der Waals surface area contributed by atoms with Gasteiger partial charge in [-0.1, -0.05) is 27.7 Å². The molecule has 0 saturated carbocycles. The van der Waals surface area contributed by atoms with E-state index in [4.69, 9.17) is 9.84 Å². The van der Waals surface area contributed by atoms with Crippen LogP contribution in [0.3, 0.4) is 0 Å². The number of carboxylic acid groups (broad SMARTS) is 1. The molecule has 1 heterocycles. The zero-order valence-electron chi connectivity index (χ0n) is 12.5.